The monoisotopic (exact) mass is 184 g/mol. The number of rotatable bonds is 1. The summed E-state index contributed by atoms with van der Waals surface area (Å²) in [5, 5.41) is 0. The van der Waals surface area contributed by atoms with E-state index in [-0.39, 0.29) is 0 Å². The van der Waals surface area contributed by atoms with Crippen LogP contribution in [0.1, 0.15) is 5.56 Å². The summed E-state index contributed by atoms with van der Waals surface area (Å²) in [7, 11) is 0. The van der Waals surface area contributed by atoms with Gasteiger partial charge >= 0.3 is 60.5 Å². The molecule has 1 aromatic carbocycles. The van der Waals surface area contributed by atoms with Gasteiger partial charge in [0, 0.05) is 0 Å². The Kier molecular flexibility index (Phi) is 2.18. The molecule has 0 saturated heterocycles. The van der Waals surface area contributed by atoms with Gasteiger partial charge in [-0.25, -0.2) is 0 Å². The predicted octanol–water partition coefficient (Wildman–Crippen LogP) is 0.135. The van der Waals surface area contributed by atoms with Crippen LogP contribution in [0.25, 0.3) is 0 Å². The fraction of sp³-hybridized carbons (Fsp3) is 0.143. The van der Waals surface area contributed by atoms with E-state index in [4.69, 9.17) is 0 Å². The second-order valence-electron chi connectivity index (χ2n) is 2.03. The van der Waals surface area contributed by atoms with Crippen LogP contribution in [-0.4, -0.2) is 15.7 Å². The van der Waals surface area contributed by atoms with Crippen molar-refractivity contribution in [3.8, 4) is 0 Å². The molecule has 0 heterocycles. The number of aryl methyl sites for hydroxylation is 1. The van der Waals surface area contributed by atoms with Gasteiger partial charge in [0.2, 0.25) is 0 Å². The summed E-state index contributed by atoms with van der Waals surface area (Å²) < 4.78 is 11.4. The fourth-order valence-electron chi connectivity index (χ4n) is 0.645. The Morgan fingerprint density at radius 2 is 1.78 bits per heavy atom. The van der Waals surface area contributed by atoms with E-state index in [1.54, 1.807) is 0 Å². The molecule has 0 fully saturated rings. The number of hydrogen-bond donors (Lipinski definition) is 0. The first-order valence-corrected chi connectivity index (χ1v) is 5.05. The van der Waals surface area contributed by atoms with Gasteiger partial charge in [-0.2, -0.15) is 0 Å². The third-order valence-corrected chi connectivity index (χ3v) is 2.59. The van der Waals surface area contributed by atoms with Gasteiger partial charge < -0.3 is 0 Å². The van der Waals surface area contributed by atoms with Crippen molar-refractivity contribution < 1.29 is 3.74 Å². The van der Waals surface area contributed by atoms with E-state index in [2.05, 4.69) is 0 Å². The summed E-state index contributed by atoms with van der Waals surface area (Å²) in [5.41, 5.74) is 1.23. The van der Waals surface area contributed by atoms with Crippen molar-refractivity contribution in [3.63, 3.8) is 0 Å². The number of benzene rings is 1. The summed E-state index contributed by atoms with van der Waals surface area (Å²) in [6.45, 7) is 2.03. The van der Waals surface area contributed by atoms with E-state index in [0.717, 1.165) is 4.35 Å². The van der Waals surface area contributed by atoms with Gasteiger partial charge in [0.1, 0.15) is 0 Å². The minimum absolute atomic E-state index is 1.02. The summed E-state index contributed by atoms with van der Waals surface area (Å²) >= 11 is -1.31. The van der Waals surface area contributed by atoms with Gasteiger partial charge in [-0.15, -0.1) is 0 Å². The van der Waals surface area contributed by atoms with E-state index in [0.29, 0.717) is 0 Å². The average molecular weight is 184 g/mol. The van der Waals surface area contributed by atoms with Crippen molar-refractivity contribution in [2.24, 2.45) is 0 Å². The first-order chi connectivity index (χ1) is 4.33. The molecule has 9 heavy (non-hydrogen) atoms. The molecular weight excluding hydrogens is 175 g/mol. The van der Waals surface area contributed by atoms with Crippen LogP contribution in [0, 0.1) is 6.92 Å². The zero-order chi connectivity index (χ0) is 6.69. The van der Waals surface area contributed by atoms with Gasteiger partial charge in [-0.3, -0.25) is 0 Å². The minimum atomic E-state index is -1.31. The Morgan fingerprint density at radius 1 is 1.22 bits per heavy atom. The molecule has 0 aliphatic heterocycles. The van der Waals surface area contributed by atoms with Gasteiger partial charge in [0.05, 0.1) is 0 Å². The summed E-state index contributed by atoms with van der Waals surface area (Å²) in [4.78, 5) is 0. The molecule has 0 spiro atoms. The molecule has 0 amide bonds. The second-order valence-corrected chi connectivity index (χ2v) is 3.92. The molecule has 2 heteroatoms. The van der Waals surface area contributed by atoms with Gasteiger partial charge in [0.25, 0.3) is 0 Å². The van der Waals surface area contributed by atoms with Crippen LogP contribution < -0.4 is 4.35 Å². The first-order valence-electron chi connectivity index (χ1n) is 2.85. The number of hydrogen-bond acceptors (Lipinski definition) is 1. The third kappa shape index (κ3) is 1.76. The summed E-state index contributed by atoms with van der Waals surface area (Å²) in [6.07, 6.45) is 0. The zero-order valence-corrected chi connectivity index (χ0v) is 7.72. The van der Waals surface area contributed by atoms with E-state index >= 15 is 0 Å². The Labute approximate surface area is 61.0 Å². The van der Waals surface area contributed by atoms with Crippen molar-refractivity contribution in [2.45, 2.75) is 6.92 Å². The average Bonchev–Trinajstić information content (AvgIpc) is 1.90. The maximum atomic E-state index is 10.4. The molecule has 0 aliphatic rings. The Balaban J connectivity index is 3.01. The first kappa shape index (κ1) is 6.70. The van der Waals surface area contributed by atoms with Crippen LogP contribution in [0.15, 0.2) is 24.3 Å². The van der Waals surface area contributed by atoms with Crippen molar-refractivity contribution in [1.29, 1.82) is 0 Å². The normalized spacial score (nSPS) is 10.8. The van der Waals surface area contributed by atoms with Crippen LogP contribution in [0.4, 0.5) is 0 Å². The van der Waals surface area contributed by atoms with Crippen molar-refractivity contribution in [2.75, 3.05) is 0 Å². The second kappa shape index (κ2) is 2.93. The molecule has 1 unspecified atom stereocenters. The molecule has 1 nitrogen and oxygen atoms in total. The molecule has 0 aliphatic carbocycles. The van der Waals surface area contributed by atoms with Crippen LogP contribution in [0.2, 0.25) is 0 Å². The van der Waals surface area contributed by atoms with Gasteiger partial charge in [-0.05, 0) is 0 Å². The molecule has 48 valence electrons. The molecule has 1 rings (SSSR count). The zero-order valence-electron chi connectivity index (χ0n) is 5.29. The fourth-order valence-corrected chi connectivity index (χ4v) is 1.38. The Bertz CT molecular complexity index is 203. The molecule has 1 aromatic rings. The van der Waals surface area contributed by atoms with Crippen molar-refractivity contribution in [3.05, 3.63) is 29.8 Å². The van der Waals surface area contributed by atoms with E-state index in [1.165, 1.54) is 5.56 Å². The SMILES string of the molecule is Cc1ccc([AsH2]=O)cc1. The van der Waals surface area contributed by atoms with Crippen LogP contribution >= 0.6 is 0 Å². The topological polar surface area (TPSA) is 17.1 Å². The molecular formula is C7H9AsO. The molecule has 0 aromatic heterocycles. The quantitative estimate of drug-likeness (QED) is 0.567. The molecule has 1 atom stereocenters. The third-order valence-electron chi connectivity index (χ3n) is 1.21. The van der Waals surface area contributed by atoms with E-state index in [9.17, 15) is 3.74 Å². The molecule has 0 saturated carbocycles. The van der Waals surface area contributed by atoms with E-state index < -0.39 is 15.7 Å². The standard InChI is InChI=1S/C7H9AsO/c1-6-2-4-7(8-9)5-3-6/h2-5H,8H2,1H3. The Morgan fingerprint density at radius 3 is 2.22 bits per heavy atom. The van der Waals surface area contributed by atoms with Gasteiger partial charge in [-0.1, -0.05) is 0 Å². The molecule has 0 bridgehead atoms. The van der Waals surface area contributed by atoms with Crippen molar-refractivity contribution in [1.82, 2.24) is 0 Å². The Hall–Kier alpha value is -0.422. The van der Waals surface area contributed by atoms with Crippen LogP contribution in [-0.2, 0) is 3.74 Å². The van der Waals surface area contributed by atoms with Crippen LogP contribution in [0.5, 0.6) is 0 Å². The van der Waals surface area contributed by atoms with Crippen molar-refractivity contribution >= 4 is 20.0 Å². The predicted molar refractivity (Wildman–Crippen MR) is 40.0 cm³/mol. The summed E-state index contributed by atoms with van der Waals surface area (Å²) in [6, 6.07) is 7.85. The molecule has 0 N–H and O–H groups in total. The van der Waals surface area contributed by atoms with Gasteiger partial charge in [0.15, 0.2) is 0 Å². The maximum absolute atomic E-state index is 10.4. The molecule has 0 radical (unpaired) electrons. The van der Waals surface area contributed by atoms with E-state index in [1.807, 2.05) is 31.2 Å². The summed E-state index contributed by atoms with van der Waals surface area (Å²) in [5.74, 6) is 0. The van der Waals surface area contributed by atoms with Crippen LogP contribution in [0.3, 0.4) is 0 Å².